The van der Waals surface area contributed by atoms with Gasteiger partial charge in [-0.25, -0.2) is 0 Å². The standard InChI is InChI=1S/C23H28N2O2/c1-2-20(18-10-5-3-6-11-18)21-14-9-17-25(21)22(26)15-16-24-23(27)19-12-7-4-8-13-19/h3-8,10-13,20-21H,2,9,14-17H2,1H3,(H,24,27)/t20-,21+/m0/s1. The highest BCUT2D eigenvalue weighted by atomic mass is 16.2. The molecule has 0 aromatic heterocycles. The van der Waals surface area contributed by atoms with Crippen LogP contribution in [0.3, 0.4) is 0 Å². The normalized spacial score (nSPS) is 17.5. The zero-order chi connectivity index (χ0) is 19.1. The van der Waals surface area contributed by atoms with Crippen LogP contribution in [0.1, 0.15) is 54.4 Å². The lowest BCUT2D eigenvalue weighted by atomic mass is 9.87. The summed E-state index contributed by atoms with van der Waals surface area (Å²) in [7, 11) is 0. The highest BCUT2D eigenvalue weighted by Crippen LogP contribution is 2.33. The molecule has 0 aliphatic carbocycles. The van der Waals surface area contributed by atoms with Crippen LogP contribution in [0.2, 0.25) is 0 Å². The van der Waals surface area contributed by atoms with Crippen molar-refractivity contribution in [3.8, 4) is 0 Å². The number of likely N-dealkylation sites (tertiary alicyclic amines) is 1. The molecule has 0 unspecified atom stereocenters. The van der Waals surface area contributed by atoms with Gasteiger partial charge in [-0.2, -0.15) is 0 Å². The van der Waals surface area contributed by atoms with Crippen molar-refractivity contribution in [2.75, 3.05) is 13.1 Å². The third-order valence-electron chi connectivity index (χ3n) is 5.41. The lowest BCUT2D eigenvalue weighted by Crippen LogP contribution is -2.40. The molecular formula is C23H28N2O2. The molecule has 1 aliphatic heterocycles. The van der Waals surface area contributed by atoms with Crippen LogP contribution in [0.25, 0.3) is 0 Å². The van der Waals surface area contributed by atoms with E-state index in [9.17, 15) is 9.59 Å². The molecule has 1 saturated heterocycles. The fourth-order valence-electron chi connectivity index (χ4n) is 4.07. The molecule has 1 aliphatic rings. The van der Waals surface area contributed by atoms with E-state index in [2.05, 4.69) is 36.5 Å². The summed E-state index contributed by atoms with van der Waals surface area (Å²) in [6, 6.07) is 19.9. The van der Waals surface area contributed by atoms with Gasteiger partial charge in [0.1, 0.15) is 0 Å². The average Bonchev–Trinajstić information content (AvgIpc) is 3.19. The first-order chi connectivity index (χ1) is 13.2. The van der Waals surface area contributed by atoms with E-state index >= 15 is 0 Å². The summed E-state index contributed by atoms with van der Waals surface area (Å²) >= 11 is 0. The number of amides is 2. The summed E-state index contributed by atoms with van der Waals surface area (Å²) in [5, 5.41) is 2.86. The van der Waals surface area contributed by atoms with Crippen LogP contribution in [-0.4, -0.2) is 35.8 Å². The van der Waals surface area contributed by atoms with Gasteiger partial charge in [0.25, 0.3) is 5.91 Å². The van der Waals surface area contributed by atoms with Gasteiger partial charge < -0.3 is 10.2 Å². The van der Waals surface area contributed by atoms with E-state index in [4.69, 9.17) is 0 Å². The van der Waals surface area contributed by atoms with Crippen molar-refractivity contribution in [2.24, 2.45) is 0 Å². The molecule has 1 fully saturated rings. The van der Waals surface area contributed by atoms with Gasteiger partial charge in [0.05, 0.1) is 0 Å². The Hall–Kier alpha value is -2.62. The lowest BCUT2D eigenvalue weighted by molar-refractivity contribution is -0.132. The van der Waals surface area contributed by atoms with Crippen LogP contribution in [0.4, 0.5) is 0 Å². The highest BCUT2D eigenvalue weighted by molar-refractivity contribution is 5.94. The van der Waals surface area contributed by atoms with Crippen molar-refractivity contribution >= 4 is 11.8 Å². The van der Waals surface area contributed by atoms with Crippen molar-refractivity contribution in [1.29, 1.82) is 0 Å². The summed E-state index contributed by atoms with van der Waals surface area (Å²) in [4.78, 5) is 27.0. The minimum Gasteiger partial charge on any atom is -0.352 e. The largest absolute Gasteiger partial charge is 0.352 e. The number of carbonyl (C=O) groups is 2. The Morgan fingerprint density at radius 3 is 2.41 bits per heavy atom. The van der Waals surface area contributed by atoms with Gasteiger partial charge in [0.15, 0.2) is 0 Å². The Morgan fingerprint density at radius 1 is 1.07 bits per heavy atom. The molecule has 4 heteroatoms. The van der Waals surface area contributed by atoms with Gasteiger partial charge in [0.2, 0.25) is 5.91 Å². The molecule has 0 saturated carbocycles. The van der Waals surface area contributed by atoms with E-state index in [1.807, 2.05) is 29.2 Å². The Bertz CT molecular complexity index is 745. The topological polar surface area (TPSA) is 49.4 Å². The first-order valence-electron chi connectivity index (χ1n) is 9.88. The second kappa shape index (κ2) is 9.36. The van der Waals surface area contributed by atoms with Crippen LogP contribution >= 0.6 is 0 Å². The Balaban J connectivity index is 1.56. The monoisotopic (exact) mass is 364 g/mol. The Labute approximate surface area is 161 Å². The summed E-state index contributed by atoms with van der Waals surface area (Å²) in [6.07, 6.45) is 3.47. The molecule has 27 heavy (non-hydrogen) atoms. The quantitative estimate of drug-likeness (QED) is 0.807. The van der Waals surface area contributed by atoms with Crippen molar-refractivity contribution in [1.82, 2.24) is 10.2 Å². The second-order valence-corrected chi connectivity index (χ2v) is 7.09. The number of hydrogen-bond donors (Lipinski definition) is 1. The van der Waals surface area contributed by atoms with Gasteiger partial charge in [-0.05, 0) is 37.0 Å². The van der Waals surface area contributed by atoms with Crippen LogP contribution in [0, 0.1) is 0 Å². The lowest BCUT2D eigenvalue weighted by Gasteiger charge is -2.32. The Morgan fingerprint density at radius 2 is 1.74 bits per heavy atom. The predicted molar refractivity (Wildman–Crippen MR) is 108 cm³/mol. The fourth-order valence-corrected chi connectivity index (χ4v) is 4.07. The summed E-state index contributed by atoms with van der Waals surface area (Å²) < 4.78 is 0. The molecular weight excluding hydrogens is 336 g/mol. The second-order valence-electron chi connectivity index (χ2n) is 7.09. The minimum atomic E-state index is -0.128. The molecule has 0 spiro atoms. The first-order valence-corrected chi connectivity index (χ1v) is 9.88. The van der Waals surface area contributed by atoms with E-state index in [1.54, 1.807) is 12.1 Å². The summed E-state index contributed by atoms with van der Waals surface area (Å²) in [5.41, 5.74) is 1.93. The number of benzene rings is 2. The molecule has 2 amide bonds. The molecule has 4 nitrogen and oxygen atoms in total. The predicted octanol–water partition coefficient (Wildman–Crippen LogP) is 3.99. The first kappa shape index (κ1) is 19.2. The maximum atomic E-state index is 12.8. The summed E-state index contributed by atoms with van der Waals surface area (Å²) in [6.45, 7) is 3.39. The zero-order valence-electron chi connectivity index (χ0n) is 15.9. The maximum absolute atomic E-state index is 12.8. The van der Waals surface area contributed by atoms with Crippen LogP contribution < -0.4 is 5.32 Å². The van der Waals surface area contributed by atoms with Gasteiger partial charge in [-0.15, -0.1) is 0 Å². The molecule has 2 atom stereocenters. The minimum absolute atomic E-state index is 0.128. The molecule has 2 aromatic rings. The molecule has 0 radical (unpaired) electrons. The zero-order valence-corrected chi connectivity index (χ0v) is 15.9. The number of nitrogens with one attached hydrogen (secondary N) is 1. The molecule has 0 bridgehead atoms. The number of nitrogens with zero attached hydrogens (tertiary/aromatic N) is 1. The van der Waals surface area contributed by atoms with Gasteiger partial charge in [0, 0.05) is 37.0 Å². The van der Waals surface area contributed by atoms with Crippen molar-refractivity contribution in [3.05, 3.63) is 71.8 Å². The number of hydrogen-bond acceptors (Lipinski definition) is 2. The highest BCUT2D eigenvalue weighted by Gasteiger charge is 2.34. The molecule has 1 heterocycles. The van der Waals surface area contributed by atoms with Crippen molar-refractivity contribution in [2.45, 2.75) is 44.6 Å². The van der Waals surface area contributed by atoms with E-state index in [-0.39, 0.29) is 17.9 Å². The van der Waals surface area contributed by atoms with Gasteiger partial charge in [-0.1, -0.05) is 55.5 Å². The maximum Gasteiger partial charge on any atom is 0.251 e. The summed E-state index contributed by atoms with van der Waals surface area (Å²) in [5.74, 6) is 0.383. The van der Waals surface area contributed by atoms with Gasteiger partial charge in [-0.3, -0.25) is 9.59 Å². The van der Waals surface area contributed by atoms with E-state index in [0.29, 0.717) is 24.4 Å². The van der Waals surface area contributed by atoms with Crippen molar-refractivity contribution < 1.29 is 9.59 Å². The number of carbonyl (C=O) groups excluding carboxylic acids is 2. The SMILES string of the molecule is CC[C@@H](c1ccccc1)[C@H]1CCCN1C(=O)CCNC(=O)c1ccccc1. The third-order valence-corrected chi connectivity index (χ3v) is 5.41. The smallest absolute Gasteiger partial charge is 0.251 e. The Kier molecular flexibility index (Phi) is 6.64. The fraction of sp³-hybridized carbons (Fsp3) is 0.391. The molecule has 3 rings (SSSR count). The van der Waals surface area contributed by atoms with Crippen LogP contribution in [-0.2, 0) is 4.79 Å². The van der Waals surface area contributed by atoms with E-state index < -0.39 is 0 Å². The van der Waals surface area contributed by atoms with Crippen molar-refractivity contribution in [3.63, 3.8) is 0 Å². The number of rotatable bonds is 7. The third kappa shape index (κ3) is 4.76. The van der Waals surface area contributed by atoms with E-state index in [0.717, 1.165) is 25.8 Å². The molecule has 1 N–H and O–H groups in total. The average molecular weight is 364 g/mol. The van der Waals surface area contributed by atoms with Crippen LogP contribution in [0.5, 0.6) is 0 Å². The molecule has 142 valence electrons. The van der Waals surface area contributed by atoms with E-state index in [1.165, 1.54) is 5.56 Å². The molecule has 2 aromatic carbocycles. The van der Waals surface area contributed by atoms with Gasteiger partial charge >= 0.3 is 0 Å². The van der Waals surface area contributed by atoms with Crippen LogP contribution in [0.15, 0.2) is 60.7 Å².